The molecular formula is C21H23BrN2O6. The molecule has 0 aromatic heterocycles. The van der Waals surface area contributed by atoms with Crippen LogP contribution in [0.1, 0.15) is 52.0 Å². The van der Waals surface area contributed by atoms with Crippen molar-refractivity contribution in [3.05, 3.63) is 54.8 Å². The number of halogens is 1. The molecule has 0 saturated heterocycles. The van der Waals surface area contributed by atoms with Gasteiger partial charge in [0.05, 0.1) is 23.0 Å². The number of nitro groups is 1. The molecule has 8 nitrogen and oxygen atoms in total. The number of phenolic OH excluding ortho intramolecular Hbond substituents is 1. The van der Waals surface area contributed by atoms with E-state index in [0.29, 0.717) is 34.3 Å². The molecule has 2 aliphatic rings. The van der Waals surface area contributed by atoms with E-state index >= 15 is 0 Å². The Hall–Kier alpha value is -2.68. The summed E-state index contributed by atoms with van der Waals surface area (Å²) in [7, 11) is 0. The van der Waals surface area contributed by atoms with Gasteiger partial charge in [0.2, 0.25) is 0 Å². The maximum absolute atomic E-state index is 13.4. The molecule has 1 aliphatic heterocycles. The fourth-order valence-corrected chi connectivity index (χ4v) is 4.50. The highest BCUT2D eigenvalue weighted by Gasteiger charge is 2.46. The zero-order valence-electron chi connectivity index (χ0n) is 17.2. The van der Waals surface area contributed by atoms with Crippen molar-refractivity contribution in [2.75, 3.05) is 6.61 Å². The fourth-order valence-electron chi connectivity index (χ4n) is 4.03. The molecular weight excluding hydrogens is 456 g/mol. The van der Waals surface area contributed by atoms with Gasteiger partial charge in [0.25, 0.3) is 0 Å². The van der Waals surface area contributed by atoms with Gasteiger partial charge in [0.15, 0.2) is 11.5 Å². The third-order valence-corrected chi connectivity index (χ3v) is 6.05. The van der Waals surface area contributed by atoms with E-state index < -0.39 is 33.7 Å². The summed E-state index contributed by atoms with van der Waals surface area (Å²) in [4.78, 5) is 37.1. The minimum absolute atomic E-state index is 0.110. The van der Waals surface area contributed by atoms with E-state index in [-0.39, 0.29) is 23.5 Å². The van der Waals surface area contributed by atoms with Crippen molar-refractivity contribution < 1.29 is 24.4 Å². The highest BCUT2D eigenvalue weighted by molar-refractivity contribution is 9.10. The Morgan fingerprint density at radius 3 is 2.70 bits per heavy atom. The number of dihydropyridines is 1. The number of ether oxygens (including phenoxy) is 1. The van der Waals surface area contributed by atoms with Crippen LogP contribution in [-0.2, 0) is 14.3 Å². The summed E-state index contributed by atoms with van der Waals surface area (Å²) < 4.78 is 5.57. The molecule has 0 spiro atoms. The number of hydrogen-bond acceptors (Lipinski definition) is 7. The number of esters is 1. The lowest BCUT2D eigenvalue weighted by Gasteiger charge is -2.39. The van der Waals surface area contributed by atoms with E-state index in [1.54, 1.807) is 13.8 Å². The second kappa shape index (κ2) is 7.86. The van der Waals surface area contributed by atoms with Gasteiger partial charge in [-0.25, -0.2) is 4.79 Å². The van der Waals surface area contributed by atoms with Crippen LogP contribution in [0.5, 0.6) is 5.75 Å². The number of rotatable bonds is 4. The molecule has 1 unspecified atom stereocenters. The number of allylic oxidation sites excluding steroid dienone is 3. The number of nitrogens with zero attached hydrogens (tertiary/aromatic N) is 1. The van der Waals surface area contributed by atoms with Gasteiger partial charge in [-0.05, 0) is 32.8 Å². The SMILES string of the molecule is CCOC(=O)C1=C(C)NC2=C(C(=O)C(C)(C)CC2)C1c1cc(Br)cc([N+](=O)[O-])c1O. The zero-order valence-corrected chi connectivity index (χ0v) is 18.8. The van der Waals surface area contributed by atoms with Crippen molar-refractivity contribution >= 4 is 33.4 Å². The number of aromatic hydroxyl groups is 1. The first-order chi connectivity index (χ1) is 14.0. The molecule has 1 aromatic rings. The van der Waals surface area contributed by atoms with Crippen LogP contribution in [-0.4, -0.2) is 28.4 Å². The quantitative estimate of drug-likeness (QED) is 0.377. The smallest absolute Gasteiger partial charge is 0.336 e. The van der Waals surface area contributed by atoms with Crippen LogP contribution in [0, 0.1) is 15.5 Å². The number of Topliss-reactive ketones (excluding diaryl/α,β-unsaturated/α-hetero) is 1. The predicted molar refractivity (Wildman–Crippen MR) is 113 cm³/mol. The van der Waals surface area contributed by atoms with Gasteiger partial charge in [0, 0.05) is 38.5 Å². The number of hydrogen-bond donors (Lipinski definition) is 2. The molecule has 1 heterocycles. The van der Waals surface area contributed by atoms with Gasteiger partial charge >= 0.3 is 11.7 Å². The first-order valence-corrected chi connectivity index (χ1v) is 10.4. The first kappa shape index (κ1) is 22.0. The summed E-state index contributed by atoms with van der Waals surface area (Å²) in [6.07, 6.45) is 1.20. The third kappa shape index (κ3) is 3.62. The molecule has 0 bridgehead atoms. The van der Waals surface area contributed by atoms with Gasteiger partial charge < -0.3 is 15.2 Å². The minimum atomic E-state index is -0.983. The molecule has 0 saturated carbocycles. The molecule has 1 aromatic carbocycles. The van der Waals surface area contributed by atoms with Gasteiger partial charge in [0.1, 0.15) is 0 Å². The third-order valence-electron chi connectivity index (χ3n) is 5.59. The molecule has 1 atom stereocenters. The average Bonchev–Trinajstić information content (AvgIpc) is 2.65. The van der Waals surface area contributed by atoms with E-state index in [9.17, 15) is 24.8 Å². The van der Waals surface area contributed by atoms with E-state index in [1.165, 1.54) is 12.1 Å². The van der Waals surface area contributed by atoms with Gasteiger partial charge in [-0.1, -0.05) is 29.8 Å². The monoisotopic (exact) mass is 478 g/mol. The number of carbonyl (C=O) groups excluding carboxylic acids is 2. The lowest BCUT2D eigenvalue weighted by Crippen LogP contribution is -2.40. The lowest BCUT2D eigenvalue weighted by molar-refractivity contribution is -0.386. The van der Waals surface area contributed by atoms with Gasteiger partial charge in [-0.3, -0.25) is 14.9 Å². The minimum Gasteiger partial charge on any atom is -0.502 e. The summed E-state index contributed by atoms with van der Waals surface area (Å²) >= 11 is 3.25. The Balaban J connectivity index is 2.33. The van der Waals surface area contributed by atoms with Gasteiger partial charge in [-0.2, -0.15) is 0 Å². The predicted octanol–water partition coefficient (Wildman–Crippen LogP) is 4.23. The van der Waals surface area contributed by atoms with Crippen LogP contribution < -0.4 is 5.32 Å². The number of carbonyl (C=O) groups is 2. The van der Waals surface area contributed by atoms with Crippen molar-refractivity contribution in [3.8, 4) is 5.75 Å². The number of benzene rings is 1. The van der Waals surface area contributed by atoms with E-state index in [2.05, 4.69) is 21.2 Å². The number of phenols is 1. The van der Waals surface area contributed by atoms with Gasteiger partial charge in [-0.15, -0.1) is 0 Å². The highest BCUT2D eigenvalue weighted by atomic mass is 79.9. The lowest BCUT2D eigenvalue weighted by atomic mass is 9.67. The fraction of sp³-hybridized carbons (Fsp3) is 0.429. The van der Waals surface area contributed by atoms with Crippen LogP contribution in [0.25, 0.3) is 0 Å². The Bertz CT molecular complexity index is 1020. The molecule has 3 rings (SSSR count). The van der Waals surface area contributed by atoms with Crippen LogP contribution >= 0.6 is 15.9 Å². The summed E-state index contributed by atoms with van der Waals surface area (Å²) in [5.41, 5.74) is 0.578. The summed E-state index contributed by atoms with van der Waals surface area (Å²) in [5, 5.41) is 25.4. The maximum atomic E-state index is 13.4. The second-order valence-electron chi connectivity index (χ2n) is 8.04. The summed E-state index contributed by atoms with van der Waals surface area (Å²) in [6, 6.07) is 2.69. The van der Waals surface area contributed by atoms with Crippen molar-refractivity contribution in [1.82, 2.24) is 5.32 Å². The Morgan fingerprint density at radius 2 is 2.10 bits per heavy atom. The van der Waals surface area contributed by atoms with E-state index in [1.807, 2.05) is 13.8 Å². The highest BCUT2D eigenvalue weighted by Crippen LogP contribution is 2.50. The maximum Gasteiger partial charge on any atom is 0.336 e. The summed E-state index contributed by atoms with van der Waals surface area (Å²) in [6.45, 7) is 7.14. The van der Waals surface area contributed by atoms with Crippen molar-refractivity contribution in [3.63, 3.8) is 0 Å². The molecule has 30 heavy (non-hydrogen) atoms. The standard InChI is InChI=1S/C21H23BrN2O6/c1-5-30-20(27)15-10(2)23-13-6-7-21(3,4)19(26)17(13)16(15)12-8-11(22)9-14(18(12)25)24(28)29/h8-9,16,23,25H,5-7H2,1-4H3. The Kier molecular flexibility index (Phi) is 5.77. The zero-order chi connectivity index (χ0) is 22.4. The van der Waals surface area contributed by atoms with Crippen molar-refractivity contribution in [2.45, 2.75) is 46.5 Å². The number of ketones is 1. The molecule has 0 radical (unpaired) electrons. The molecule has 1 aliphatic carbocycles. The molecule has 2 N–H and O–H groups in total. The van der Waals surface area contributed by atoms with Crippen LogP contribution in [0.4, 0.5) is 5.69 Å². The second-order valence-corrected chi connectivity index (χ2v) is 8.96. The number of nitrogens with one attached hydrogen (secondary N) is 1. The van der Waals surface area contributed by atoms with E-state index in [4.69, 9.17) is 4.74 Å². The topological polar surface area (TPSA) is 119 Å². The molecule has 9 heteroatoms. The van der Waals surface area contributed by atoms with Crippen LogP contribution in [0.15, 0.2) is 39.1 Å². The Morgan fingerprint density at radius 1 is 1.43 bits per heavy atom. The van der Waals surface area contributed by atoms with Crippen molar-refractivity contribution in [2.24, 2.45) is 5.41 Å². The largest absolute Gasteiger partial charge is 0.502 e. The molecule has 160 valence electrons. The molecule has 0 fully saturated rings. The number of nitro benzene ring substituents is 1. The first-order valence-electron chi connectivity index (χ1n) is 9.59. The summed E-state index contributed by atoms with van der Waals surface area (Å²) in [5.74, 6) is -2.37. The van der Waals surface area contributed by atoms with E-state index in [0.717, 1.165) is 0 Å². The normalized spacial score (nSPS) is 20.6. The van der Waals surface area contributed by atoms with Crippen LogP contribution in [0.3, 0.4) is 0 Å². The molecule has 0 amide bonds. The average molecular weight is 479 g/mol. The van der Waals surface area contributed by atoms with Crippen molar-refractivity contribution in [1.29, 1.82) is 0 Å². The Labute approximate surface area is 182 Å². The van der Waals surface area contributed by atoms with Crippen LogP contribution in [0.2, 0.25) is 0 Å².